The third kappa shape index (κ3) is 2.18. The lowest BCUT2D eigenvalue weighted by atomic mass is 10.2. The molecule has 0 N–H and O–H groups in total. The van der Waals surface area contributed by atoms with E-state index in [1.165, 1.54) is 6.20 Å². The average Bonchev–Trinajstić information content (AvgIpc) is 2.73. The molecule has 0 aliphatic carbocycles. The lowest BCUT2D eigenvalue weighted by molar-refractivity contribution is -0.141. The Balaban J connectivity index is 2.61. The van der Waals surface area contributed by atoms with E-state index in [9.17, 15) is 13.2 Å². The molecule has 0 aliphatic rings. The van der Waals surface area contributed by atoms with Gasteiger partial charge in [0.2, 0.25) is 0 Å². The van der Waals surface area contributed by atoms with Crippen LogP contribution in [0.15, 0.2) is 24.4 Å². The van der Waals surface area contributed by atoms with Gasteiger partial charge in [0.05, 0.1) is 11.3 Å². The summed E-state index contributed by atoms with van der Waals surface area (Å²) in [7, 11) is 0. The zero-order chi connectivity index (χ0) is 13.3. The molecule has 0 bridgehead atoms. The van der Waals surface area contributed by atoms with E-state index in [4.69, 9.17) is 5.26 Å². The van der Waals surface area contributed by atoms with Crippen LogP contribution in [0.1, 0.15) is 17.0 Å². The van der Waals surface area contributed by atoms with Crippen molar-refractivity contribution in [1.82, 2.24) is 14.8 Å². The number of hydrogen-bond donors (Lipinski definition) is 0. The van der Waals surface area contributed by atoms with Crippen molar-refractivity contribution in [3.05, 3.63) is 41.3 Å². The Bertz CT molecular complexity index is 622. The molecule has 0 spiro atoms. The van der Waals surface area contributed by atoms with Crippen LogP contribution in [0.5, 0.6) is 0 Å². The SMILES string of the molecule is Cc1ccn(-c2nc(C(F)(F)F)ccc2C#N)n1. The molecule has 2 rings (SSSR count). The zero-order valence-corrected chi connectivity index (χ0v) is 9.23. The second kappa shape index (κ2) is 4.14. The van der Waals surface area contributed by atoms with Crippen LogP contribution in [0.4, 0.5) is 13.2 Å². The Morgan fingerprint density at radius 2 is 2.00 bits per heavy atom. The van der Waals surface area contributed by atoms with Gasteiger partial charge in [-0.3, -0.25) is 0 Å². The highest BCUT2D eigenvalue weighted by Gasteiger charge is 2.33. The summed E-state index contributed by atoms with van der Waals surface area (Å²) in [6.07, 6.45) is -3.09. The van der Waals surface area contributed by atoms with Gasteiger partial charge in [-0.1, -0.05) is 0 Å². The first-order valence-corrected chi connectivity index (χ1v) is 4.93. The number of aryl methyl sites for hydroxylation is 1. The quantitative estimate of drug-likeness (QED) is 0.783. The average molecular weight is 252 g/mol. The van der Waals surface area contributed by atoms with Crippen molar-refractivity contribution in [1.29, 1.82) is 5.26 Å². The van der Waals surface area contributed by atoms with E-state index >= 15 is 0 Å². The number of pyridine rings is 1. The van der Waals surface area contributed by atoms with E-state index in [2.05, 4.69) is 10.1 Å². The van der Waals surface area contributed by atoms with E-state index in [1.54, 1.807) is 19.1 Å². The molecule has 0 fully saturated rings. The van der Waals surface area contributed by atoms with Crippen molar-refractivity contribution in [2.45, 2.75) is 13.1 Å². The van der Waals surface area contributed by atoms with Crippen LogP contribution < -0.4 is 0 Å². The van der Waals surface area contributed by atoms with Gasteiger partial charge in [0.1, 0.15) is 11.8 Å². The molecule has 0 saturated heterocycles. The number of alkyl halides is 3. The molecular formula is C11H7F3N4. The second-order valence-corrected chi connectivity index (χ2v) is 3.58. The molecule has 0 saturated carbocycles. The Kier molecular flexibility index (Phi) is 2.79. The van der Waals surface area contributed by atoms with E-state index in [0.717, 1.165) is 16.8 Å². The van der Waals surface area contributed by atoms with Gasteiger partial charge in [-0.2, -0.15) is 23.5 Å². The summed E-state index contributed by atoms with van der Waals surface area (Å²) in [5.41, 5.74) is -0.395. The minimum Gasteiger partial charge on any atom is -0.223 e. The minimum atomic E-state index is -4.55. The lowest BCUT2D eigenvalue weighted by Gasteiger charge is -2.09. The third-order valence-corrected chi connectivity index (χ3v) is 2.23. The fourth-order valence-corrected chi connectivity index (χ4v) is 1.40. The summed E-state index contributed by atoms with van der Waals surface area (Å²) in [4.78, 5) is 3.45. The highest BCUT2D eigenvalue weighted by atomic mass is 19.4. The Morgan fingerprint density at radius 3 is 2.50 bits per heavy atom. The van der Waals surface area contributed by atoms with Crippen molar-refractivity contribution in [3.63, 3.8) is 0 Å². The van der Waals surface area contributed by atoms with Gasteiger partial charge in [0.25, 0.3) is 0 Å². The number of nitriles is 1. The van der Waals surface area contributed by atoms with E-state index in [-0.39, 0.29) is 11.4 Å². The summed E-state index contributed by atoms with van der Waals surface area (Å²) >= 11 is 0. The van der Waals surface area contributed by atoms with Crippen molar-refractivity contribution < 1.29 is 13.2 Å². The van der Waals surface area contributed by atoms with Crippen LogP contribution in [0.2, 0.25) is 0 Å². The molecule has 0 amide bonds. The number of halogens is 3. The zero-order valence-electron chi connectivity index (χ0n) is 9.23. The molecule has 92 valence electrons. The first-order valence-electron chi connectivity index (χ1n) is 4.93. The van der Waals surface area contributed by atoms with Gasteiger partial charge in [0.15, 0.2) is 5.82 Å². The van der Waals surface area contributed by atoms with Gasteiger partial charge in [-0.25, -0.2) is 9.67 Å². The first-order chi connectivity index (χ1) is 8.41. The predicted octanol–water partition coefficient (Wildman–Crippen LogP) is 2.47. The predicted molar refractivity (Wildman–Crippen MR) is 55.8 cm³/mol. The van der Waals surface area contributed by atoms with Crippen LogP contribution in [-0.4, -0.2) is 14.8 Å². The summed E-state index contributed by atoms with van der Waals surface area (Å²) in [6, 6.07) is 5.27. The van der Waals surface area contributed by atoms with Crippen LogP contribution in [0, 0.1) is 18.3 Å². The molecule has 2 aromatic rings. The standard InChI is InChI=1S/C11H7F3N4/c1-7-4-5-18(17-7)10-8(6-15)2-3-9(16-10)11(12,13)14/h2-5H,1H3. The van der Waals surface area contributed by atoms with Crippen molar-refractivity contribution >= 4 is 0 Å². The monoisotopic (exact) mass is 252 g/mol. The lowest BCUT2D eigenvalue weighted by Crippen LogP contribution is -2.12. The third-order valence-electron chi connectivity index (χ3n) is 2.23. The van der Waals surface area contributed by atoms with Gasteiger partial charge in [0, 0.05) is 6.20 Å². The normalized spacial score (nSPS) is 11.3. The molecule has 7 heteroatoms. The molecule has 2 aromatic heterocycles. The smallest absolute Gasteiger partial charge is 0.223 e. The van der Waals surface area contributed by atoms with Gasteiger partial charge >= 0.3 is 6.18 Å². The molecule has 2 heterocycles. The van der Waals surface area contributed by atoms with Crippen LogP contribution in [-0.2, 0) is 6.18 Å². The van der Waals surface area contributed by atoms with Crippen LogP contribution in [0.3, 0.4) is 0 Å². The largest absolute Gasteiger partial charge is 0.433 e. The maximum Gasteiger partial charge on any atom is 0.433 e. The molecule has 0 unspecified atom stereocenters. The van der Waals surface area contributed by atoms with Crippen LogP contribution in [0.25, 0.3) is 5.82 Å². The molecule has 0 atom stereocenters. The van der Waals surface area contributed by atoms with Crippen molar-refractivity contribution in [3.8, 4) is 11.9 Å². The second-order valence-electron chi connectivity index (χ2n) is 3.58. The maximum atomic E-state index is 12.5. The van der Waals surface area contributed by atoms with Gasteiger partial charge < -0.3 is 0 Å². The molecule has 0 radical (unpaired) electrons. The van der Waals surface area contributed by atoms with Crippen molar-refractivity contribution in [2.75, 3.05) is 0 Å². The van der Waals surface area contributed by atoms with Crippen LogP contribution >= 0.6 is 0 Å². The van der Waals surface area contributed by atoms with E-state index in [0.29, 0.717) is 5.69 Å². The fourth-order valence-electron chi connectivity index (χ4n) is 1.40. The number of aromatic nitrogens is 3. The number of hydrogen-bond acceptors (Lipinski definition) is 3. The molecular weight excluding hydrogens is 245 g/mol. The fraction of sp³-hybridized carbons (Fsp3) is 0.182. The topological polar surface area (TPSA) is 54.5 Å². The molecule has 0 aromatic carbocycles. The highest BCUT2D eigenvalue weighted by molar-refractivity contribution is 5.44. The van der Waals surface area contributed by atoms with E-state index in [1.807, 2.05) is 0 Å². The number of rotatable bonds is 1. The summed E-state index contributed by atoms with van der Waals surface area (Å²) in [6.45, 7) is 1.69. The van der Waals surface area contributed by atoms with Gasteiger partial charge in [-0.15, -0.1) is 0 Å². The Hall–Kier alpha value is -2.36. The summed E-state index contributed by atoms with van der Waals surface area (Å²) in [5.74, 6) is -0.125. The first kappa shape index (κ1) is 12.1. The van der Waals surface area contributed by atoms with Crippen molar-refractivity contribution in [2.24, 2.45) is 0 Å². The molecule has 4 nitrogen and oxygen atoms in total. The Labute approximate surface area is 100 Å². The summed E-state index contributed by atoms with van der Waals surface area (Å²) < 4.78 is 38.8. The Morgan fingerprint density at radius 1 is 1.28 bits per heavy atom. The maximum absolute atomic E-state index is 12.5. The molecule has 18 heavy (non-hydrogen) atoms. The minimum absolute atomic E-state index is 0.0334. The number of nitrogens with zero attached hydrogens (tertiary/aromatic N) is 4. The molecule has 0 aliphatic heterocycles. The van der Waals surface area contributed by atoms with Gasteiger partial charge in [-0.05, 0) is 25.1 Å². The highest BCUT2D eigenvalue weighted by Crippen LogP contribution is 2.28. The summed E-state index contributed by atoms with van der Waals surface area (Å²) in [5, 5.41) is 12.8. The van der Waals surface area contributed by atoms with E-state index < -0.39 is 11.9 Å².